The van der Waals surface area contributed by atoms with E-state index in [2.05, 4.69) is 15.1 Å². The number of nitrogens with one attached hydrogen (secondary N) is 1. The van der Waals surface area contributed by atoms with Crippen LogP contribution in [-0.4, -0.2) is 26.2 Å². The molecule has 1 aliphatic carbocycles. The van der Waals surface area contributed by atoms with Crippen molar-refractivity contribution in [2.24, 2.45) is 0 Å². The van der Waals surface area contributed by atoms with Crippen LogP contribution in [-0.2, 0) is 12.8 Å². The van der Waals surface area contributed by atoms with Crippen LogP contribution in [0.1, 0.15) is 24.6 Å². The molecule has 0 fully saturated rings. The predicted molar refractivity (Wildman–Crippen MR) is 56.8 cm³/mol. The normalized spacial score (nSPS) is 14.3. The number of nitrogens with zero attached hydrogens (tertiary/aromatic N) is 3. The average Bonchev–Trinajstić information content (AvgIpc) is 2.83. The number of aryl methyl sites for hydroxylation is 1. The van der Waals surface area contributed by atoms with Gasteiger partial charge in [-0.3, -0.25) is 9.78 Å². The summed E-state index contributed by atoms with van der Waals surface area (Å²) in [5.74, 6) is 0.467. The zero-order valence-corrected chi connectivity index (χ0v) is 8.99. The van der Waals surface area contributed by atoms with Crippen LogP contribution in [0.25, 0.3) is 5.78 Å². The number of ether oxygens (including phenoxy) is 1. The van der Waals surface area contributed by atoms with Gasteiger partial charge < -0.3 is 4.74 Å². The molecule has 6 heteroatoms. The molecule has 3 rings (SSSR count). The molecular weight excluding hydrogens is 208 g/mol. The fraction of sp³-hybridized carbons (Fsp3) is 0.500. The van der Waals surface area contributed by atoms with E-state index in [1.165, 1.54) is 0 Å². The Balaban J connectivity index is 2.27. The van der Waals surface area contributed by atoms with Gasteiger partial charge in [0.1, 0.15) is 0 Å². The standard InChI is InChI=1S/C10H12N4O2/c1-2-16-10-12-9-11-8(15)6-4-3-5-7(6)14(9)13-10/h2-5H2,1H3,(H,11,12,13,15). The van der Waals surface area contributed by atoms with E-state index in [4.69, 9.17) is 4.74 Å². The number of hydrogen-bond donors (Lipinski definition) is 1. The van der Waals surface area contributed by atoms with E-state index in [1.54, 1.807) is 4.52 Å². The van der Waals surface area contributed by atoms with Gasteiger partial charge in [0.05, 0.1) is 12.3 Å². The molecule has 0 saturated heterocycles. The maximum atomic E-state index is 11.7. The van der Waals surface area contributed by atoms with Gasteiger partial charge in [0.15, 0.2) is 0 Å². The van der Waals surface area contributed by atoms with Crippen LogP contribution >= 0.6 is 0 Å². The van der Waals surface area contributed by atoms with Crippen LogP contribution in [0.15, 0.2) is 4.79 Å². The molecule has 6 nitrogen and oxygen atoms in total. The number of aromatic nitrogens is 4. The lowest BCUT2D eigenvalue weighted by Crippen LogP contribution is -2.16. The van der Waals surface area contributed by atoms with Gasteiger partial charge in [0.2, 0.25) is 5.78 Å². The molecule has 0 radical (unpaired) electrons. The molecule has 84 valence electrons. The summed E-state index contributed by atoms with van der Waals surface area (Å²) < 4.78 is 6.91. The van der Waals surface area contributed by atoms with Crippen LogP contribution in [0, 0.1) is 0 Å². The van der Waals surface area contributed by atoms with Crippen molar-refractivity contribution in [3.63, 3.8) is 0 Å². The molecule has 0 aliphatic heterocycles. The lowest BCUT2D eigenvalue weighted by Gasteiger charge is -1.99. The van der Waals surface area contributed by atoms with Crippen molar-refractivity contribution < 1.29 is 4.74 Å². The van der Waals surface area contributed by atoms with Crippen LogP contribution in [0.5, 0.6) is 6.01 Å². The average molecular weight is 220 g/mol. The van der Waals surface area contributed by atoms with Crippen molar-refractivity contribution in [2.75, 3.05) is 6.61 Å². The zero-order chi connectivity index (χ0) is 11.1. The van der Waals surface area contributed by atoms with Crippen molar-refractivity contribution in [2.45, 2.75) is 26.2 Å². The minimum Gasteiger partial charge on any atom is -0.463 e. The minimum atomic E-state index is -0.0459. The first-order chi connectivity index (χ1) is 7.79. The molecule has 2 heterocycles. The molecule has 1 N–H and O–H groups in total. The Bertz CT molecular complexity index is 599. The molecule has 0 unspecified atom stereocenters. The predicted octanol–water partition coefficient (Wildman–Crippen LogP) is 0.305. The van der Waals surface area contributed by atoms with Crippen molar-refractivity contribution in [3.8, 4) is 6.01 Å². The summed E-state index contributed by atoms with van der Waals surface area (Å²) in [6, 6.07) is 0.318. The Hall–Kier alpha value is -1.85. The molecule has 0 aromatic carbocycles. The number of rotatable bonds is 2. The highest BCUT2D eigenvalue weighted by Gasteiger charge is 2.20. The van der Waals surface area contributed by atoms with E-state index in [-0.39, 0.29) is 5.56 Å². The fourth-order valence-corrected chi connectivity index (χ4v) is 2.14. The summed E-state index contributed by atoms with van der Waals surface area (Å²) in [6.45, 7) is 2.39. The highest BCUT2D eigenvalue weighted by atomic mass is 16.5. The highest BCUT2D eigenvalue weighted by Crippen LogP contribution is 2.19. The number of H-pyrrole nitrogens is 1. The quantitative estimate of drug-likeness (QED) is 0.790. The van der Waals surface area contributed by atoms with E-state index in [0.29, 0.717) is 18.4 Å². The Kier molecular flexibility index (Phi) is 1.95. The smallest absolute Gasteiger partial charge is 0.337 e. The summed E-state index contributed by atoms with van der Waals surface area (Å²) in [5, 5.41) is 4.23. The monoisotopic (exact) mass is 220 g/mol. The third-order valence-corrected chi connectivity index (χ3v) is 2.80. The third kappa shape index (κ3) is 1.22. The number of hydrogen-bond acceptors (Lipinski definition) is 4. The summed E-state index contributed by atoms with van der Waals surface area (Å²) in [5.41, 5.74) is 1.76. The zero-order valence-electron chi connectivity index (χ0n) is 8.99. The molecule has 1 aliphatic rings. The second-order valence-corrected chi connectivity index (χ2v) is 3.80. The van der Waals surface area contributed by atoms with Crippen molar-refractivity contribution in [1.82, 2.24) is 19.6 Å². The van der Waals surface area contributed by atoms with E-state index in [1.807, 2.05) is 6.92 Å². The lowest BCUT2D eigenvalue weighted by molar-refractivity contribution is 0.313. The van der Waals surface area contributed by atoms with E-state index < -0.39 is 0 Å². The van der Waals surface area contributed by atoms with Gasteiger partial charge in [-0.1, -0.05) is 0 Å². The second kappa shape index (κ2) is 3.33. The maximum Gasteiger partial charge on any atom is 0.337 e. The van der Waals surface area contributed by atoms with Gasteiger partial charge >= 0.3 is 6.01 Å². The SMILES string of the molecule is CCOc1nc2[nH]c(=O)c3c(n2n1)CCC3. The molecule has 2 aromatic heterocycles. The van der Waals surface area contributed by atoms with Gasteiger partial charge in [-0.25, -0.2) is 0 Å². The number of fused-ring (bicyclic) bond motifs is 3. The molecule has 0 amide bonds. The van der Waals surface area contributed by atoms with Crippen molar-refractivity contribution >= 4 is 5.78 Å². The topological polar surface area (TPSA) is 72.3 Å². The lowest BCUT2D eigenvalue weighted by atomic mass is 10.3. The molecule has 0 bridgehead atoms. The van der Waals surface area contributed by atoms with Gasteiger partial charge in [0.25, 0.3) is 5.56 Å². The van der Waals surface area contributed by atoms with Gasteiger partial charge in [0, 0.05) is 5.56 Å². The molecule has 2 aromatic rings. The van der Waals surface area contributed by atoms with Gasteiger partial charge in [-0.15, -0.1) is 5.10 Å². The first-order valence-electron chi connectivity index (χ1n) is 5.43. The summed E-state index contributed by atoms with van der Waals surface area (Å²) >= 11 is 0. The van der Waals surface area contributed by atoms with Crippen LogP contribution in [0.4, 0.5) is 0 Å². The van der Waals surface area contributed by atoms with Crippen LogP contribution < -0.4 is 10.3 Å². The number of aromatic amines is 1. The van der Waals surface area contributed by atoms with Crippen molar-refractivity contribution in [3.05, 3.63) is 21.6 Å². The molecule has 16 heavy (non-hydrogen) atoms. The Morgan fingerprint density at radius 2 is 2.38 bits per heavy atom. The largest absolute Gasteiger partial charge is 0.463 e. The molecule has 0 spiro atoms. The Morgan fingerprint density at radius 1 is 1.50 bits per heavy atom. The molecular formula is C10H12N4O2. The van der Waals surface area contributed by atoms with Gasteiger partial charge in [-0.2, -0.15) is 9.50 Å². The van der Waals surface area contributed by atoms with E-state index in [9.17, 15) is 4.79 Å². The van der Waals surface area contributed by atoms with Gasteiger partial charge in [-0.05, 0) is 26.2 Å². The third-order valence-electron chi connectivity index (χ3n) is 2.80. The second-order valence-electron chi connectivity index (χ2n) is 3.80. The summed E-state index contributed by atoms with van der Waals surface area (Å²) in [6.07, 6.45) is 2.70. The Labute approximate surface area is 91.3 Å². The van der Waals surface area contributed by atoms with E-state index in [0.717, 1.165) is 30.5 Å². The van der Waals surface area contributed by atoms with E-state index >= 15 is 0 Å². The molecule has 0 saturated carbocycles. The fourth-order valence-electron chi connectivity index (χ4n) is 2.14. The highest BCUT2D eigenvalue weighted by molar-refractivity contribution is 5.36. The first kappa shape index (κ1) is 9.38. The minimum absolute atomic E-state index is 0.0459. The molecule has 0 atom stereocenters. The maximum absolute atomic E-state index is 11.7. The van der Waals surface area contributed by atoms with Crippen LogP contribution in [0.2, 0.25) is 0 Å². The summed E-state index contributed by atoms with van der Waals surface area (Å²) in [7, 11) is 0. The summed E-state index contributed by atoms with van der Waals surface area (Å²) in [4.78, 5) is 18.6. The van der Waals surface area contributed by atoms with Crippen molar-refractivity contribution in [1.29, 1.82) is 0 Å². The first-order valence-corrected chi connectivity index (χ1v) is 5.43. The van der Waals surface area contributed by atoms with Crippen LogP contribution in [0.3, 0.4) is 0 Å². The Morgan fingerprint density at radius 3 is 3.19 bits per heavy atom.